The van der Waals surface area contributed by atoms with E-state index < -0.39 is 16.1 Å². The average Bonchev–Trinajstić information content (AvgIpc) is 2.91. The smallest absolute Gasteiger partial charge is 0.247 e. The van der Waals surface area contributed by atoms with E-state index in [4.69, 9.17) is 0 Å². The van der Waals surface area contributed by atoms with Crippen molar-refractivity contribution in [3.63, 3.8) is 0 Å². The van der Waals surface area contributed by atoms with Crippen LogP contribution < -0.4 is 10.0 Å². The van der Waals surface area contributed by atoms with Crippen LogP contribution >= 0.6 is 0 Å². The lowest BCUT2D eigenvalue weighted by atomic mass is 10.0. The molecule has 3 N–H and O–H groups in total. The second kappa shape index (κ2) is 13.7. The van der Waals surface area contributed by atoms with Gasteiger partial charge in [-0.1, -0.05) is 79.7 Å². The van der Waals surface area contributed by atoms with Crippen molar-refractivity contribution in [1.82, 2.24) is 14.9 Å². The topological polar surface area (TPSA) is 116 Å². The number of hydrogen-bond acceptors (Lipinski definition) is 5. The Morgan fingerprint density at radius 1 is 0.892 bits per heavy atom. The number of carbonyl (C=O) groups is 2. The first kappa shape index (κ1) is 28.0. The molecule has 0 bridgehead atoms. The second-order valence-electron chi connectivity index (χ2n) is 8.48. The van der Waals surface area contributed by atoms with Gasteiger partial charge in [-0.2, -0.15) is 0 Å². The Labute approximate surface area is 218 Å². The van der Waals surface area contributed by atoms with Gasteiger partial charge >= 0.3 is 0 Å². The molecule has 2 amide bonds. The van der Waals surface area contributed by atoms with Crippen molar-refractivity contribution in [3.8, 4) is 0 Å². The zero-order valence-electron chi connectivity index (χ0n) is 20.8. The van der Waals surface area contributed by atoms with E-state index in [1.807, 2.05) is 48.5 Å². The molecule has 0 saturated heterocycles. The molecule has 0 aliphatic carbocycles. The van der Waals surface area contributed by atoms with E-state index in [0.29, 0.717) is 18.5 Å². The Morgan fingerprint density at radius 2 is 1.51 bits per heavy atom. The van der Waals surface area contributed by atoms with Crippen molar-refractivity contribution < 1.29 is 23.1 Å². The predicted octanol–water partition coefficient (Wildman–Crippen LogP) is 2.80. The number of sulfonamides is 1. The van der Waals surface area contributed by atoms with E-state index in [9.17, 15) is 23.1 Å². The fraction of sp³-hybridized carbons (Fsp3) is 0.286. The summed E-state index contributed by atoms with van der Waals surface area (Å²) in [7, 11) is -3.55. The summed E-state index contributed by atoms with van der Waals surface area (Å²) in [6, 6.07) is 24.1. The first-order chi connectivity index (χ1) is 17.9. The Bertz CT molecular complexity index is 1250. The normalized spacial score (nSPS) is 12.1. The number of aliphatic hydroxyl groups excluding tert-OH is 1. The highest BCUT2D eigenvalue weighted by atomic mass is 32.2. The molecule has 9 heteroatoms. The van der Waals surface area contributed by atoms with E-state index in [1.54, 1.807) is 36.1 Å². The summed E-state index contributed by atoms with van der Waals surface area (Å²) < 4.78 is 26.8. The molecule has 3 rings (SSSR count). The summed E-state index contributed by atoms with van der Waals surface area (Å²) in [5.41, 5.74) is 2.36. The Morgan fingerprint density at radius 3 is 2.11 bits per heavy atom. The molecule has 0 spiro atoms. The molecule has 3 aromatic rings. The molecule has 37 heavy (non-hydrogen) atoms. The number of carbonyl (C=O) groups excluding carboxylic acids is 2. The SMILES string of the molecule is CCNS(=O)(=O)c1ccc(CCC(=O)N(Cc2ccccc2)C(C(=O)NCCO)c2ccccc2)cc1. The van der Waals surface area contributed by atoms with Crippen molar-refractivity contribution in [1.29, 1.82) is 0 Å². The molecule has 3 aromatic carbocycles. The first-order valence-corrected chi connectivity index (χ1v) is 13.7. The van der Waals surface area contributed by atoms with E-state index in [-0.39, 0.29) is 42.8 Å². The molecule has 0 radical (unpaired) electrons. The number of hydrogen-bond donors (Lipinski definition) is 3. The fourth-order valence-electron chi connectivity index (χ4n) is 3.99. The lowest BCUT2D eigenvalue weighted by molar-refractivity contribution is -0.141. The Kier molecular flexibility index (Phi) is 10.4. The maximum absolute atomic E-state index is 13.6. The van der Waals surface area contributed by atoms with Gasteiger partial charge in [0, 0.05) is 26.1 Å². The highest BCUT2D eigenvalue weighted by molar-refractivity contribution is 7.89. The van der Waals surface area contributed by atoms with E-state index in [1.165, 1.54) is 12.1 Å². The molecule has 0 aliphatic heterocycles. The monoisotopic (exact) mass is 523 g/mol. The maximum atomic E-state index is 13.6. The number of rotatable bonds is 13. The lowest BCUT2D eigenvalue weighted by Crippen LogP contribution is -2.44. The Balaban J connectivity index is 1.85. The standard InChI is InChI=1S/C28H33N3O5S/c1-2-30-37(35,36)25-16-13-22(14-17-25)15-18-26(33)31(21-23-9-5-3-6-10-23)27(28(34)29-19-20-32)24-11-7-4-8-12-24/h3-14,16-17,27,30,32H,2,15,18-21H2,1H3,(H,29,34). The number of aliphatic hydroxyl groups is 1. The van der Waals surface area contributed by atoms with Crippen LogP contribution in [-0.2, 0) is 32.6 Å². The molecule has 8 nitrogen and oxygen atoms in total. The van der Waals surface area contributed by atoms with Crippen LogP contribution in [0.1, 0.15) is 36.1 Å². The van der Waals surface area contributed by atoms with Crippen molar-refractivity contribution in [3.05, 3.63) is 102 Å². The van der Waals surface area contributed by atoms with Gasteiger partial charge in [0.15, 0.2) is 0 Å². The molecule has 196 valence electrons. The van der Waals surface area contributed by atoms with Gasteiger partial charge in [0.25, 0.3) is 0 Å². The molecular weight excluding hydrogens is 490 g/mol. The highest BCUT2D eigenvalue weighted by Gasteiger charge is 2.31. The van der Waals surface area contributed by atoms with Gasteiger partial charge in [-0.05, 0) is 35.2 Å². The summed E-state index contributed by atoms with van der Waals surface area (Å²) in [6.07, 6.45) is 0.508. The Hall–Kier alpha value is -3.53. The van der Waals surface area contributed by atoms with Gasteiger partial charge in [-0.25, -0.2) is 13.1 Å². The second-order valence-corrected chi connectivity index (χ2v) is 10.2. The molecule has 0 fully saturated rings. The number of nitrogens with one attached hydrogen (secondary N) is 2. The maximum Gasteiger partial charge on any atom is 0.247 e. The average molecular weight is 524 g/mol. The summed E-state index contributed by atoms with van der Waals surface area (Å²) in [6.45, 7) is 2.11. The zero-order valence-corrected chi connectivity index (χ0v) is 21.7. The number of amides is 2. The zero-order chi connectivity index (χ0) is 26.7. The molecule has 0 aliphatic rings. The van der Waals surface area contributed by atoms with E-state index >= 15 is 0 Å². The summed E-state index contributed by atoms with van der Waals surface area (Å²) in [4.78, 5) is 28.6. The van der Waals surface area contributed by atoms with Crippen LogP contribution in [0.2, 0.25) is 0 Å². The van der Waals surface area contributed by atoms with Crippen LogP contribution in [-0.4, -0.2) is 49.9 Å². The molecule has 1 atom stereocenters. The summed E-state index contributed by atoms with van der Waals surface area (Å²) in [5.74, 6) is -0.594. The van der Waals surface area contributed by atoms with Crippen LogP contribution in [0.5, 0.6) is 0 Å². The minimum Gasteiger partial charge on any atom is -0.395 e. The molecule has 1 unspecified atom stereocenters. The van der Waals surface area contributed by atoms with Crippen LogP contribution in [0.3, 0.4) is 0 Å². The van der Waals surface area contributed by atoms with E-state index in [0.717, 1.165) is 11.1 Å². The van der Waals surface area contributed by atoms with Crippen LogP contribution in [0.4, 0.5) is 0 Å². The van der Waals surface area contributed by atoms with Crippen molar-refractivity contribution in [2.24, 2.45) is 0 Å². The van der Waals surface area contributed by atoms with Crippen molar-refractivity contribution in [2.45, 2.75) is 37.2 Å². The molecular formula is C28H33N3O5S. The predicted molar refractivity (Wildman–Crippen MR) is 142 cm³/mol. The van der Waals surface area contributed by atoms with Gasteiger partial charge in [0.1, 0.15) is 6.04 Å². The quantitative estimate of drug-likeness (QED) is 0.319. The lowest BCUT2D eigenvalue weighted by Gasteiger charge is -2.31. The first-order valence-electron chi connectivity index (χ1n) is 12.2. The van der Waals surface area contributed by atoms with Gasteiger partial charge in [0.05, 0.1) is 11.5 Å². The summed E-state index contributed by atoms with van der Waals surface area (Å²) in [5, 5.41) is 11.9. The van der Waals surface area contributed by atoms with Crippen LogP contribution in [0.15, 0.2) is 89.8 Å². The third-order valence-electron chi connectivity index (χ3n) is 5.80. The number of nitrogens with zero attached hydrogens (tertiary/aromatic N) is 1. The van der Waals surface area contributed by atoms with Gasteiger partial charge in [-0.15, -0.1) is 0 Å². The molecule has 0 heterocycles. The number of aryl methyl sites for hydroxylation is 1. The largest absolute Gasteiger partial charge is 0.395 e. The third kappa shape index (κ3) is 7.98. The fourth-order valence-corrected chi connectivity index (χ4v) is 5.03. The third-order valence-corrected chi connectivity index (χ3v) is 7.36. The van der Waals surface area contributed by atoms with Gasteiger partial charge < -0.3 is 15.3 Å². The molecule has 0 saturated carbocycles. The van der Waals surface area contributed by atoms with Crippen molar-refractivity contribution in [2.75, 3.05) is 19.7 Å². The summed E-state index contributed by atoms with van der Waals surface area (Å²) >= 11 is 0. The highest BCUT2D eigenvalue weighted by Crippen LogP contribution is 2.25. The van der Waals surface area contributed by atoms with Gasteiger partial charge in [-0.3, -0.25) is 9.59 Å². The molecule has 0 aromatic heterocycles. The van der Waals surface area contributed by atoms with Gasteiger partial charge in [0.2, 0.25) is 21.8 Å². The minimum absolute atomic E-state index is 0.0810. The van der Waals surface area contributed by atoms with Crippen molar-refractivity contribution >= 4 is 21.8 Å². The minimum atomic E-state index is -3.55. The van der Waals surface area contributed by atoms with E-state index in [2.05, 4.69) is 10.0 Å². The number of benzene rings is 3. The van der Waals surface area contributed by atoms with Crippen LogP contribution in [0, 0.1) is 0 Å². The van der Waals surface area contributed by atoms with Crippen LogP contribution in [0.25, 0.3) is 0 Å².